The summed E-state index contributed by atoms with van der Waals surface area (Å²) >= 11 is 1.93. The van der Waals surface area contributed by atoms with Gasteiger partial charge in [-0.2, -0.15) is 0 Å². The molecular weight excluding hydrogens is 388 g/mol. The number of rotatable bonds is 7. The minimum absolute atomic E-state index is 0.924. The molecule has 0 saturated carbocycles. The van der Waals surface area contributed by atoms with E-state index in [1.807, 2.05) is 11.3 Å². The Bertz CT molecular complexity index is 990. The minimum Gasteiger partial charge on any atom is -0.384 e. The Balaban J connectivity index is 1.15. The van der Waals surface area contributed by atoms with Crippen LogP contribution in [0.2, 0.25) is 0 Å². The largest absolute Gasteiger partial charge is 0.384 e. The molecule has 2 aliphatic heterocycles. The summed E-state index contributed by atoms with van der Waals surface area (Å²) in [5, 5.41) is 10.5. The third kappa shape index (κ3) is 4.69. The lowest BCUT2D eigenvalue weighted by atomic mass is 10.1. The molecule has 0 radical (unpaired) electrons. The van der Waals surface area contributed by atoms with Crippen molar-refractivity contribution < 1.29 is 0 Å². The van der Waals surface area contributed by atoms with E-state index < -0.39 is 0 Å². The lowest BCUT2D eigenvalue weighted by Crippen LogP contribution is -2.43. The quantitative estimate of drug-likeness (QED) is 0.542. The first-order valence-corrected chi connectivity index (χ1v) is 11.8. The van der Waals surface area contributed by atoms with E-state index in [4.69, 9.17) is 0 Å². The highest BCUT2D eigenvalue weighted by Gasteiger charge is 2.12. The molecule has 0 bridgehead atoms. The molecule has 3 aromatic rings. The third-order valence-electron chi connectivity index (χ3n) is 6.00. The second-order valence-electron chi connectivity index (χ2n) is 8.22. The summed E-state index contributed by atoms with van der Waals surface area (Å²) in [7, 11) is 0. The number of piperazine rings is 1. The van der Waals surface area contributed by atoms with Crippen molar-refractivity contribution in [3.8, 4) is 0 Å². The molecule has 5 heteroatoms. The van der Waals surface area contributed by atoms with Crippen molar-refractivity contribution in [2.24, 2.45) is 0 Å². The van der Waals surface area contributed by atoms with Crippen molar-refractivity contribution in [1.82, 2.24) is 10.6 Å². The van der Waals surface area contributed by atoms with Gasteiger partial charge in [0.2, 0.25) is 0 Å². The Hall–Kier alpha value is -2.34. The summed E-state index contributed by atoms with van der Waals surface area (Å²) in [4.78, 5) is 5.33. The second kappa shape index (κ2) is 9.21. The molecule has 5 rings (SSSR count). The number of hydrogen-bond acceptors (Lipinski definition) is 5. The zero-order valence-electron chi connectivity index (χ0n) is 17.4. The molecule has 0 spiro atoms. The van der Waals surface area contributed by atoms with E-state index >= 15 is 0 Å². The fourth-order valence-electron chi connectivity index (χ4n) is 4.40. The van der Waals surface area contributed by atoms with Crippen LogP contribution in [0.15, 0.2) is 54.6 Å². The maximum absolute atomic E-state index is 3.62. The molecule has 1 fully saturated rings. The Morgan fingerprint density at radius 2 is 1.77 bits per heavy atom. The van der Waals surface area contributed by atoms with Gasteiger partial charge in [-0.05, 0) is 53.4 Å². The summed E-state index contributed by atoms with van der Waals surface area (Å²) in [6.07, 6.45) is 2.16. The number of nitrogens with one attached hydrogen (secondary N) is 3. The molecule has 2 aliphatic rings. The Kier molecular flexibility index (Phi) is 6.02. The highest BCUT2D eigenvalue weighted by molar-refractivity contribution is 7.12. The number of nitrogens with zero attached hydrogens (tertiary/aromatic N) is 1. The molecule has 156 valence electrons. The van der Waals surface area contributed by atoms with Crippen LogP contribution < -0.4 is 20.9 Å². The lowest BCUT2D eigenvalue weighted by molar-refractivity contribution is 0.589. The predicted molar refractivity (Wildman–Crippen MR) is 128 cm³/mol. The first kappa shape index (κ1) is 19.6. The Morgan fingerprint density at radius 3 is 2.70 bits per heavy atom. The van der Waals surface area contributed by atoms with Crippen molar-refractivity contribution in [3.63, 3.8) is 0 Å². The average Bonchev–Trinajstić information content (AvgIpc) is 3.44. The van der Waals surface area contributed by atoms with Crippen LogP contribution >= 0.6 is 11.3 Å². The van der Waals surface area contributed by atoms with Gasteiger partial charge in [0.05, 0.1) is 0 Å². The van der Waals surface area contributed by atoms with Gasteiger partial charge in [-0.3, -0.25) is 0 Å². The van der Waals surface area contributed by atoms with Crippen LogP contribution in [0.5, 0.6) is 0 Å². The molecule has 1 saturated heterocycles. The van der Waals surface area contributed by atoms with E-state index in [0.29, 0.717) is 0 Å². The van der Waals surface area contributed by atoms with Gasteiger partial charge in [-0.25, -0.2) is 0 Å². The lowest BCUT2D eigenvalue weighted by Gasteiger charge is -2.29. The average molecular weight is 419 g/mol. The summed E-state index contributed by atoms with van der Waals surface area (Å²) in [6, 6.07) is 20.4. The molecule has 0 amide bonds. The molecule has 1 aromatic heterocycles. The minimum atomic E-state index is 0.924. The Morgan fingerprint density at radius 1 is 0.867 bits per heavy atom. The van der Waals surface area contributed by atoms with Crippen molar-refractivity contribution in [2.75, 3.05) is 42.9 Å². The molecule has 0 aliphatic carbocycles. The van der Waals surface area contributed by atoms with E-state index in [1.165, 1.54) is 37.8 Å². The molecule has 30 heavy (non-hydrogen) atoms. The maximum atomic E-state index is 3.62. The van der Waals surface area contributed by atoms with Crippen LogP contribution in [0.4, 0.5) is 11.4 Å². The van der Waals surface area contributed by atoms with Gasteiger partial charge in [-0.15, -0.1) is 11.3 Å². The normalized spacial score (nSPS) is 15.8. The zero-order chi connectivity index (χ0) is 20.2. The summed E-state index contributed by atoms with van der Waals surface area (Å²) in [6.45, 7) is 7.27. The summed E-state index contributed by atoms with van der Waals surface area (Å²) < 4.78 is 0. The fraction of sp³-hybridized carbons (Fsp3) is 0.360. The van der Waals surface area contributed by atoms with E-state index in [0.717, 1.165) is 58.7 Å². The number of thiophene rings is 1. The highest BCUT2D eigenvalue weighted by Crippen LogP contribution is 2.24. The highest BCUT2D eigenvalue weighted by atomic mass is 32.1. The standard InChI is InChI=1S/C25H30N4S/c1-2-19(15-22(3-1)29-12-10-26-11-13-29)16-23-5-6-24(30-23)18-27-17-20-4-7-25-21(14-20)8-9-28-25/h1-7,14-15,26-28H,8-13,16-18H2. The number of hydrogen-bond donors (Lipinski definition) is 3. The maximum Gasteiger partial charge on any atom is 0.0373 e. The Labute approximate surface area is 183 Å². The van der Waals surface area contributed by atoms with Gasteiger partial charge in [0.1, 0.15) is 0 Å². The van der Waals surface area contributed by atoms with E-state index in [2.05, 4.69) is 75.4 Å². The topological polar surface area (TPSA) is 39.3 Å². The first-order chi connectivity index (χ1) is 14.8. The van der Waals surface area contributed by atoms with E-state index in [1.54, 1.807) is 0 Å². The number of anilines is 2. The summed E-state index contributed by atoms with van der Waals surface area (Å²) in [5.41, 5.74) is 6.90. The van der Waals surface area contributed by atoms with Gasteiger partial charge >= 0.3 is 0 Å². The molecule has 0 atom stereocenters. The fourth-order valence-corrected chi connectivity index (χ4v) is 5.42. The van der Waals surface area contributed by atoms with Gasteiger partial charge in [0, 0.05) is 73.4 Å². The first-order valence-electron chi connectivity index (χ1n) is 11.0. The molecule has 2 aromatic carbocycles. The van der Waals surface area contributed by atoms with E-state index in [9.17, 15) is 0 Å². The second-order valence-corrected chi connectivity index (χ2v) is 9.48. The van der Waals surface area contributed by atoms with Crippen LogP contribution in [0.25, 0.3) is 0 Å². The molecule has 4 nitrogen and oxygen atoms in total. The van der Waals surface area contributed by atoms with Gasteiger partial charge in [0.25, 0.3) is 0 Å². The third-order valence-corrected chi connectivity index (χ3v) is 7.08. The van der Waals surface area contributed by atoms with Crippen LogP contribution in [0.1, 0.15) is 26.4 Å². The van der Waals surface area contributed by atoms with Gasteiger partial charge in [-0.1, -0.05) is 24.3 Å². The monoisotopic (exact) mass is 418 g/mol. The van der Waals surface area contributed by atoms with Crippen LogP contribution in [-0.2, 0) is 25.9 Å². The van der Waals surface area contributed by atoms with E-state index in [-0.39, 0.29) is 0 Å². The van der Waals surface area contributed by atoms with Crippen LogP contribution in [0.3, 0.4) is 0 Å². The van der Waals surface area contributed by atoms with Crippen LogP contribution in [-0.4, -0.2) is 32.7 Å². The van der Waals surface area contributed by atoms with Crippen LogP contribution in [0, 0.1) is 0 Å². The predicted octanol–water partition coefficient (Wildman–Crippen LogP) is 4.01. The number of benzene rings is 2. The number of fused-ring (bicyclic) bond motifs is 1. The zero-order valence-corrected chi connectivity index (χ0v) is 18.2. The van der Waals surface area contributed by atoms with Crippen molar-refractivity contribution in [2.45, 2.75) is 25.9 Å². The molecular formula is C25H30N4S. The molecule has 0 unspecified atom stereocenters. The molecule has 3 N–H and O–H groups in total. The molecule has 3 heterocycles. The summed E-state index contributed by atoms with van der Waals surface area (Å²) in [5.74, 6) is 0. The smallest absolute Gasteiger partial charge is 0.0373 e. The van der Waals surface area contributed by atoms with Crippen molar-refractivity contribution in [1.29, 1.82) is 0 Å². The van der Waals surface area contributed by atoms with Crippen molar-refractivity contribution >= 4 is 22.7 Å². The van der Waals surface area contributed by atoms with Crippen molar-refractivity contribution in [3.05, 3.63) is 81.0 Å². The SMILES string of the molecule is c1cc(Cc2ccc(CNCc3ccc4c(c3)CCN4)s2)cc(N2CCNCC2)c1. The van der Waals surface area contributed by atoms with Gasteiger partial charge in [0.15, 0.2) is 0 Å². The van der Waals surface area contributed by atoms with Gasteiger partial charge < -0.3 is 20.9 Å².